The number of carbonyl (C=O) groups excluding carboxylic acids is 1. The molecule has 2 rings (SSSR count). The van der Waals surface area contributed by atoms with E-state index in [2.05, 4.69) is 10.1 Å². The highest BCUT2D eigenvalue weighted by Crippen LogP contribution is 2.29. The van der Waals surface area contributed by atoms with Gasteiger partial charge in [0, 0.05) is 19.2 Å². The molecule has 0 aliphatic rings. The standard InChI is InChI=1S/C21H23F2NO4/c1-3-27-14-17-7-5-4-6-16(17)13-24-20(25)11-9-15-8-10-18(28-21(22)23)19(12-15)26-2/h4-12,21H,3,13-14H2,1-2H3,(H,24,25)/b11-9+. The lowest BCUT2D eigenvalue weighted by atomic mass is 10.1. The van der Waals surface area contributed by atoms with Gasteiger partial charge in [0.2, 0.25) is 5.91 Å². The first-order valence-electron chi connectivity index (χ1n) is 8.76. The van der Waals surface area contributed by atoms with E-state index < -0.39 is 6.61 Å². The number of amides is 1. The number of ether oxygens (including phenoxy) is 3. The first kappa shape index (κ1) is 21.4. The quantitative estimate of drug-likeness (QED) is 0.618. The van der Waals surface area contributed by atoms with Gasteiger partial charge in [-0.15, -0.1) is 0 Å². The van der Waals surface area contributed by atoms with Crippen molar-refractivity contribution in [3.8, 4) is 11.5 Å². The van der Waals surface area contributed by atoms with Crippen molar-refractivity contribution in [2.24, 2.45) is 0 Å². The zero-order chi connectivity index (χ0) is 20.4. The van der Waals surface area contributed by atoms with Crippen LogP contribution in [0.2, 0.25) is 0 Å². The molecular weight excluding hydrogens is 368 g/mol. The monoisotopic (exact) mass is 391 g/mol. The number of alkyl halides is 2. The zero-order valence-electron chi connectivity index (χ0n) is 15.8. The van der Waals surface area contributed by atoms with E-state index in [1.165, 1.54) is 25.3 Å². The molecule has 5 nitrogen and oxygen atoms in total. The van der Waals surface area contributed by atoms with Crippen LogP contribution in [0.3, 0.4) is 0 Å². The molecule has 0 aliphatic heterocycles. The van der Waals surface area contributed by atoms with E-state index in [4.69, 9.17) is 9.47 Å². The maximum absolute atomic E-state index is 12.4. The number of rotatable bonds is 10. The molecule has 150 valence electrons. The van der Waals surface area contributed by atoms with Gasteiger partial charge in [-0.3, -0.25) is 4.79 Å². The second-order valence-corrected chi connectivity index (χ2v) is 5.75. The minimum absolute atomic E-state index is 0.0648. The normalized spacial score (nSPS) is 11.0. The third-order valence-corrected chi connectivity index (χ3v) is 3.86. The molecule has 0 spiro atoms. The van der Waals surface area contributed by atoms with Crippen LogP contribution in [0.4, 0.5) is 8.78 Å². The third-order valence-electron chi connectivity index (χ3n) is 3.86. The number of halogens is 2. The minimum atomic E-state index is -2.94. The van der Waals surface area contributed by atoms with Crippen molar-refractivity contribution in [1.82, 2.24) is 5.32 Å². The van der Waals surface area contributed by atoms with Crippen molar-refractivity contribution < 1.29 is 27.8 Å². The van der Waals surface area contributed by atoms with E-state index in [0.29, 0.717) is 25.3 Å². The van der Waals surface area contributed by atoms with Gasteiger partial charge in [-0.2, -0.15) is 8.78 Å². The van der Waals surface area contributed by atoms with E-state index >= 15 is 0 Å². The van der Waals surface area contributed by atoms with Crippen molar-refractivity contribution in [2.75, 3.05) is 13.7 Å². The van der Waals surface area contributed by atoms with Gasteiger partial charge in [-0.25, -0.2) is 0 Å². The maximum Gasteiger partial charge on any atom is 0.387 e. The Bertz CT molecular complexity index is 809. The summed E-state index contributed by atoms with van der Waals surface area (Å²) < 4.78 is 39.6. The van der Waals surface area contributed by atoms with Crippen LogP contribution in [-0.2, 0) is 22.7 Å². The predicted molar refractivity (Wildman–Crippen MR) is 102 cm³/mol. The van der Waals surface area contributed by atoms with Crippen LogP contribution in [0.15, 0.2) is 48.5 Å². The second kappa shape index (κ2) is 11.0. The number of methoxy groups -OCH3 is 1. The molecule has 28 heavy (non-hydrogen) atoms. The topological polar surface area (TPSA) is 56.8 Å². The summed E-state index contributed by atoms with van der Waals surface area (Å²) >= 11 is 0. The van der Waals surface area contributed by atoms with Crippen molar-refractivity contribution in [3.63, 3.8) is 0 Å². The summed E-state index contributed by atoms with van der Waals surface area (Å²) in [6.45, 7) is 0.471. The first-order chi connectivity index (χ1) is 13.5. The molecule has 1 amide bonds. The maximum atomic E-state index is 12.4. The van der Waals surface area contributed by atoms with Gasteiger partial charge >= 0.3 is 6.61 Å². The highest BCUT2D eigenvalue weighted by atomic mass is 19.3. The Morgan fingerprint density at radius 3 is 2.57 bits per heavy atom. The third kappa shape index (κ3) is 6.66. The van der Waals surface area contributed by atoms with E-state index in [1.54, 1.807) is 12.1 Å². The fourth-order valence-corrected chi connectivity index (χ4v) is 2.48. The molecule has 0 aromatic heterocycles. The van der Waals surface area contributed by atoms with Crippen molar-refractivity contribution >= 4 is 12.0 Å². The van der Waals surface area contributed by atoms with Crippen molar-refractivity contribution in [1.29, 1.82) is 0 Å². The van der Waals surface area contributed by atoms with Gasteiger partial charge in [0.05, 0.1) is 13.7 Å². The van der Waals surface area contributed by atoms with Crippen LogP contribution in [-0.4, -0.2) is 26.2 Å². The summed E-state index contributed by atoms with van der Waals surface area (Å²) in [5.41, 5.74) is 2.62. The summed E-state index contributed by atoms with van der Waals surface area (Å²) in [6, 6.07) is 12.2. The largest absolute Gasteiger partial charge is 0.493 e. The highest BCUT2D eigenvalue weighted by molar-refractivity contribution is 5.91. The zero-order valence-corrected chi connectivity index (χ0v) is 15.8. The van der Waals surface area contributed by atoms with Crippen LogP contribution < -0.4 is 14.8 Å². The molecule has 2 aromatic rings. The van der Waals surface area contributed by atoms with E-state index in [0.717, 1.165) is 11.1 Å². The van der Waals surface area contributed by atoms with Gasteiger partial charge in [0.1, 0.15) is 0 Å². The molecule has 0 fully saturated rings. The van der Waals surface area contributed by atoms with Gasteiger partial charge in [-0.1, -0.05) is 30.3 Å². The molecule has 0 radical (unpaired) electrons. The Balaban J connectivity index is 1.97. The summed E-state index contributed by atoms with van der Waals surface area (Å²) in [6.07, 6.45) is 2.93. The second-order valence-electron chi connectivity index (χ2n) is 5.75. The molecule has 0 saturated heterocycles. The molecule has 0 atom stereocenters. The molecule has 0 unspecified atom stereocenters. The van der Waals surface area contributed by atoms with Crippen LogP contribution in [0.1, 0.15) is 23.6 Å². The Kier molecular flexibility index (Phi) is 8.42. The summed E-state index contributed by atoms with van der Waals surface area (Å²) in [5, 5.41) is 2.82. The molecule has 0 heterocycles. The molecule has 7 heteroatoms. The van der Waals surface area contributed by atoms with Crippen LogP contribution in [0, 0.1) is 0 Å². The number of hydrogen-bond acceptors (Lipinski definition) is 4. The summed E-state index contributed by atoms with van der Waals surface area (Å²) in [5.74, 6) is -0.184. The van der Waals surface area contributed by atoms with Gasteiger partial charge < -0.3 is 19.5 Å². The number of carbonyl (C=O) groups is 1. The van der Waals surface area contributed by atoms with Crippen LogP contribution >= 0.6 is 0 Å². The number of nitrogens with one attached hydrogen (secondary N) is 1. The predicted octanol–water partition coefficient (Wildman–Crippen LogP) is 4.16. The Morgan fingerprint density at radius 1 is 1.14 bits per heavy atom. The van der Waals surface area contributed by atoms with Gasteiger partial charge in [0.25, 0.3) is 0 Å². The lowest BCUT2D eigenvalue weighted by Gasteiger charge is -2.10. The van der Waals surface area contributed by atoms with Gasteiger partial charge in [-0.05, 0) is 41.8 Å². The fraction of sp³-hybridized carbons (Fsp3) is 0.286. The molecule has 0 aliphatic carbocycles. The molecular formula is C21H23F2NO4. The van der Waals surface area contributed by atoms with E-state index in [1.807, 2.05) is 31.2 Å². The van der Waals surface area contributed by atoms with E-state index in [9.17, 15) is 13.6 Å². The average Bonchev–Trinajstić information content (AvgIpc) is 2.70. The smallest absolute Gasteiger partial charge is 0.387 e. The van der Waals surface area contributed by atoms with E-state index in [-0.39, 0.29) is 17.4 Å². The van der Waals surface area contributed by atoms with Crippen molar-refractivity contribution in [3.05, 3.63) is 65.2 Å². The average molecular weight is 391 g/mol. The Morgan fingerprint density at radius 2 is 1.89 bits per heavy atom. The minimum Gasteiger partial charge on any atom is -0.493 e. The molecule has 0 saturated carbocycles. The number of benzene rings is 2. The Labute approximate surface area is 162 Å². The van der Waals surface area contributed by atoms with Crippen molar-refractivity contribution in [2.45, 2.75) is 26.7 Å². The van der Waals surface area contributed by atoms with Crippen LogP contribution in [0.25, 0.3) is 6.08 Å². The number of hydrogen-bond donors (Lipinski definition) is 1. The Hall–Kier alpha value is -2.93. The molecule has 0 bridgehead atoms. The highest BCUT2D eigenvalue weighted by Gasteiger charge is 2.10. The first-order valence-corrected chi connectivity index (χ1v) is 8.76. The fourth-order valence-electron chi connectivity index (χ4n) is 2.48. The van der Waals surface area contributed by atoms with Gasteiger partial charge in [0.15, 0.2) is 11.5 Å². The molecule has 1 N–H and O–H groups in total. The lowest BCUT2D eigenvalue weighted by molar-refractivity contribution is -0.116. The van der Waals surface area contributed by atoms with Crippen LogP contribution in [0.5, 0.6) is 11.5 Å². The summed E-state index contributed by atoms with van der Waals surface area (Å²) in [7, 11) is 1.35. The lowest BCUT2D eigenvalue weighted by Crippen LogP contribution is -2.21. The summed E-state index contributed by atoms with van der Waals surface area (Å²) in [4.78, 5) is 12.1. The SMILES string of the molecule is CCOCc1ccccc1CNC(=O)/C=C/c1ccc(OC(F)F)c(OC)c1. The molecule has 2 aromatic carbocycles.